The zero-order chi connectivity index (χ0) is 23.8. The number of carbonyl (C=O) groups is 1. The van der Waals surface area contributed by atoms with Gasteiger partial charge in [-0.15, -0.1) is 0 Å². The lowest BCUT2D eigenvalue weighted by atomic mass is 10.2. The standard InChI is InChI=1S/C23H27FN8O2/c1-13(2)31-11-20(26-12-31)29-21-16-4-3-5-17(16)28-23(30-21)32-10-15(33)8-18(32)22(34)27-14-6-7-19(24)25-9-14/h6-7,9,11-13,15,18,33H,3-5,8,10H2,1-2H3,(H,27,34)(H,28,29,30)/t15-,18-/m0/s1. The number of imidazole rings is 1. The topological polar surface area (TPSA) is 121 Å². The lowest BCUT2D eigenvalue weighted by molar-refractivity contribution is -0.117. The summed E-state index contributed by atoms with van der Waals surface area (Å²) in [7, 11) is 0. The van der Waals surface area contributed by atoms with E-state index in [9.17, 15) is 14.3 Å². The third kappa shape index (κ3) is 4.43. The number of nitrogens with zero attached hydrogens (tertiary/aromatic N) is 6. The van der Waals surface area contributed by atoms with E-state index >= 15 is 0 Å². The van der Waals surface area contributed by atoms with E-state index in [0.29, 0.717) is 23.3 Å². The van der Waals surface area contributed by atoms with Crippen molar-refractivity contribution in [3.05, 3.63) is 48.1 Å². The van der Waals surface area contributed by atoms with Crippen LogP contribution in [-0.2, 0) is 17.6 Å². The Morgan fingerprint density at radius 3 is 2.82 bits per heavy atom. The summed E-state index contributed by atoms with van der Waals surface area (Å²) in [6, 6.07) is 2.24. The van der Waals surface area contributed by atoms with Gasteiger partial charge in [0, 0.05) is 30.8 Å². The summed E-state index contributed by atoms with van der Waals surface area (Å²) in [6.45, 7) is 4.40. The molecule has 3 aromatic heterocycles. The van der Waals surface area contributed by atoms with Crippen LogP contribution >= 0.6 is 0 Å². The van der Waals surface area contributed by atoms with Gasteiger partial charge in [-0.25, -0.2) is 15.0 Å². The van der Waals surface area contributed by atoms with E-state index in [4.69, 9.17) is 9.97 Å². The highest BCUT2D eigenvalue weighted by atomic mass is 19.1. The number of hydrogen-bond acceptors (Lipinski definition) is 8. The second kappa shape index (κ2) is 8.98. The largest absolute Gasteiger partial charge is 0.391 e. The number of halogens is 1. The fourth-order valence-corrected chi connectivity index (χ4v) is 4.41. The van der Waals surface area contributed by atoms with E-state index in [2.05, 4.69) is 34.4 Å². The first-order chi connectivity index (χ1) is 16.4. The molecule has 11 heteroatoms. The number of β-amino-alcohol motifs (C(OH)–C–C–N with tert-alkyl or cyclic N) is 1. The number of fused-ring (bicyclic) bond motifs is 1. The fraction of sp³-hybridized carbons (Fsp3) is 0.435. The lowest BCUT2D eigenvalue weighted by Crippen LogP contribution is -2.40. The maximum atomic E-state index is 13.1. The number of aliphatic hydroxyl groups is 1. The second-order valence-corrected chi connectivity index (χ2v) is 8.99. The molecule has 0 saturated carbocycles. The summed E-state index contributed by atoms with van der Waals surface area (Å²) in [5.74, 6) is 0.794. The first kappa shape index (κ1) is 22.2. The summed E-state index contributed by atoms with van der Waals surface area (Å²) < 4.78 is 15.1. The van der Waals surface area contributed by atoms with Crippen LogP contribution in [0, 0.1) is 5.95 Å². The Morgan fingerprint density at radius 1 is 1.24 bits per heavy atom. The van der Waals surface area contributed by atoms with E-state index in [1.807, 2.05) is 10.8 Å². The van der Waals surface area contributed by atoms with Gasteiger partial charge >= 0.3 is 0 Å². The summed E-state index contributed by atoms with van der Waals surface area (Å²) in [5, 5.41) is 16.4. The Morgan fingerprint density at radius 2 is 2.09 bits per heavy atom. The van der Waals surface area contributed by atoms with Crippen LogP contribution in [0.3, 0.4) is 0 Å². The number of nitrogens with one attached hydrogen (secondary N) is 2. The van der Waals surface area contributed by atoms with Gasteiger partial charge in [-0.3, -0.25) is 4.79 Å². The van der Waals surface area contributed by atoms with Gasteiger partial charge in [0.15, 0.2) is 0 Å². The normalized spacial score (nSPS) is 19.5. The minimum Gasteiger partial charge on any atom is -0.391 e. The molecule has 178 valence electrons. The summed E-state index contributed by atoms with van der Waals surface area (Å²) in [4.78, 5) is 32.3. The smallest absolute Gasteiger partial charge is 0.247 e. The van der Waals surface area contributed by atoms with Gasteiger partial charge in [0.1, 0.15) is 17.7 Å². The van der Waals surface area contributed by atoms with Crippen LogP contribution in [0.2, 0.25) is 0 Å². The van der Waals surface area contributed by atoms with Crippen LogP contribution in [0.4, 0.5) is 27.7 Å². The van der Waals surface area contributed by atoms with Crippen LogP contribution < -0.4 is 15.5 Å². The lowest BCUT2D eigenvalue weighted by Gasteiger charge is -2.25. The van der Waals surface area contributed by atoms with Crippen LogP contribution in [0.15, 0.2) is 30.9 Å². The molecule has 0 aromatic carbocycles. The summed E-state index contributed by atoms with van der Waals surface area (Å²) >= 11 is 0. The molecule has 0 spiro atoms. The zero-order valence-electron chi connectivity index (χ0n) is 19.1. The molecule has 2 aliphatic rings. The average Bonchev–Trinajstić information content (AvgIpc) is 3.54. The summed E-state index contributed by atoms with van der Waals surface area (Å²) in [6.07, 6.45) is 7.18. The number of pyridine rings is 1. The molecule has 1 fully saturated rings. The number of hydrogen-bond donors (Lipinski definition) is 3. The van der Waals surface area contributed by atoms with Gasteiger partial charge in [-0.05, 0) is 45.2 Å². The van der Waals surface area contributed by atoms with Crippen LogP contribution in [-0.4, -0.2) is 54.2 Å². The number of aliphatic hydroxyl groups excluding tert-OH is 1. The van der Waals surface area contributed by atoms with E-state index in [-0.39, 0.29) is 24.9 Å². The molecule has 4 heterocycles. The molecule has 1 aliphatic heterocycles. The second-order valence-electron chi connectivity index (χ2n) is 8.99. The Kier molecular flexibility index (Phi) is 5.86. The Labute approximate surface area is 196 Å². The molecule has 0 bridgehead atoms. The Bertz CT molecular complexity index is 1200. The predicted octanol–water partition coefficient (Wildman–Crippen LogP) is 2.60. The van der Waals surface area contributed by atoms with Gasteiger partial charge in [-0.2, -0.15) is 9.37 Å². The van der Waals surface area contributed by atoms with Gasteiger partial charge in [-0.1, -0.05) is 0 Å². The number of rotatable bonds is 6. The maximum absolute atomic E-state index is 13.1. The van der Waals surface area contributed by atoms with E-state index in [0.717, 1.165) is 30.5 Å². The monoisotopic (exact) mass is 466 g/mol. The number of carbonyl (C=O) groups excluding carboxylic acids is 1. The molecular formula is C23H27FN8O2. The first-order valence-electron chi connectivity index (χ1n) is 11.4. The number of amides is 1. The third-order valence-electron chi connectivity index (χ3n) is 6.20. The highest BCUT2D eigenvalue weighted by Crippen LogP contribution is 2.33. The molecule has 0 unspecified atom stereocenters. The number of aromatic nitrogens is 5. The Hall–Kier alpha value is -3.60. The van der Waals surface area contributed by atoms with Crippen LogP contribution in [0.5, 0.6) is 0 Å². The molecule has 0 radical (unpaired) electrons. The van der Waals surface area contributed by atoms with Crippen molar-refractivity contribution in [3.8, 4) is 0 Å². The van der Waals surface area contributed by atoms with Crippen molar-refractivity contribution >= 4 is 29.2 Å². The van der Waals surface area contributed by atoms with Crippen molar-refractivity contribution in [3.63, 3.8) is 0 Å². The zero-order valence-corrected chi connectivity index (χ0v) is 19.1. The minimum absolute atomic E-state index is 0.236. The molecule has 3 N–H and O–H groups in total. The van der Waals surface area contributed by atoms with Crippen molar-refractivity contribution in [1.82, 2.24) is 24.5 Å². The van der Waals surface area contributed by atoms with Crippen molar-refractivity contribution in [1.29, 1.82) is 0 Å². The number of anilines is 4. The van der Waals surface area contributed by atoms with Gasteiger partial charge < -0.3 is 25.2 Å². The number of aryl methyl sites for hydroxylation is 1. The molecule has 3 aromatic rings. The predicted molar refractivity (Wildman–Crippen MR) is 125 cm³/mol. The molecule has 1 saturated heterocycles. The van der Waals surface area contributed by atoms with Crippen molar-refractivity contribution in [2.75, 3.05) is 22.1 Å². The molecule has 1 amide bonds. The van der Waals surface area contributed by atoms with E-state index in [1.165, 1.54) is 18.3 Å². The maximum Gasteiger partial charge on any atom is 0.247 e. The van der Waals surface area contributed by atoms with Gasteiger partial charge in [0.25, 0.3) is 0 Å². The SMILES string of the molecule is CC(C)n1cnc(Nc2nc(N3C[C@@H](O)C[C@H]3C(=O)Nc3ccc(F)nc3)nc3c2CCC3)c1. The highest BCUT2D eigenvalue weighted by molar-refractivity contribution is 5.97. The van der Waals surface area contributed by atoms with Gasteiger partial charge in [0.2, 0.25) is 17.8 Å². The van der Waals surface area contributed by atoms with E-state index in [1.54, 1.807) is 11.2 Å². The summed E-state index contributed by atoms with van der Waals surface area (Å²) in [5.41, 5.74) is 2.38. The quantitative estimate of drug-likeness (QED) is 0.474. The molecular weight excluding hydrogens is 439 g/mol. The fourth-order valence-electron chi connectivity index (χ4n) is 4.41. The minimum atomic E-state index is -0.697. The van der Waals surface area contributed by atoms with Crippen molar-refractivity contribution < 1.29 is 14.3 Å². The average molecular weight is 467 g/mol. The molecule has 34 heavy (non-hydrogen) atoms. The van der Waals surface area contributed by atoms with Crippen molar-refractivity contribution in [2.45, 2.75) is 57.7 Å². The van der Waals surface area contributed by atoms with E-state index < -0.39 is 18.1 Å². The highest BCUT2D eigenvalue weighted by Gasteiger charge is 2.38. The Balaban J connectivity index is 1.42. The molecule has 2 atom stereocenters. The third-order valence-corrected chi connectivity index (χ3v) is 6.20. The van der Waals surface area contributed by atoms with Crippen molar-refractivity contribution in [2.24, 2.45) is 0 Å². The van der Waals surface area contributed by atoms with Crippen LogP contribution in [0.1, 0.15) is 44.0 Å². The van der Waals surface area contributed by atoms with Crippen LogP contribution in [0.25, 0.3) is 0 Å². The molecule has 5 rings (SSSR count). The molecule has 10 nitrogen and oxygen atoms in total. The van der Waals surface area contributed by atoms with Gasteiger partial charge in [0.05, 0.1) is 30.0 Å². The first-order valence-corrected chi connectivity index (χ1v) is 11.4. The molecule has 1 aliphatic carbocycles.